The summed E-state index contributed by atoms with van der Waals surface area (Å²) in [6.45, 7) is 4.14. The minimum atomic E-state index is -0.183. The van der Waals surface area contributed by atoms with Crippen molar-refractivity contribution >= 4 is 15.9 Å². The standard InChI is InChI=1S/C14H20BrNO2/c1-14(2,17-3)8-10-7-12(16)11-6-9(15)4-5-13(11)18-10/h4-6,10,12H,7-8,16H2,1-3H3/t10?,12-/m0/s1. The largest absolute Gasteiger partial charge is 0.490 e. The highest BCUT2D eigenvalue weighted by Crippen LogP contribution is 2.37. The van der Waals surface area contributed by atoms with E-state index in [-0.39, 0.29) is 17.7 Å². The highest BCUT2D eigenvalue weighted by atomic mass is 79.9. The second-order valence-electron chi connectivity index (χ2n) is 5.43. The molecule has 0 aromatic heterocycles. The van der Waals surface area contributed by atoms with Crippen LogP contribution in [0.2, 0.25) is 0 Å². The number of hydrogen-bond donors (Lipinski definition) is 1. The Labute approximate surface area is 117 Å². The summed E-state index contributed by atoms with van der Waals surface area (Å²) in [5.41, 5.74) is 7.12. The first-order valence-corrected chi connectivity index (χ1v) is 6.97. The lowest BCUT2D eigenvalue weighted by molar-refractivity contribution is -0.0194. The summed E-state index contributed by atoms with van der Waals surface area (Å²) < 4.78 is 12.5. The summed E-state index contributed by atoms with van der Waals surface area (Å²) in [6.07, 6.45) is 1.78. The van der Waals surface area contributed by atoms with Gasteiger partial charge in [-0.3, -0.25) is 0 Å². The minimum absolute atomic E-state index is 0.0314. The maximum atomic E-state index is 6.22. The maximum Gasteiger partial charge on any atom is 0.124 e. The summed E-state index contributed by atoms with van der Waals surface area (Å²) in [6, 6.07) is 6.03. The number of ether oxygens (including phenoxy) is 2. The molecule has 0 spiro atoms. The van der Waals surface area contributed by atoms with Gasteiger partial charge in [0.05, 0.1) is 5.60 Å². The average Bonchev–Trinajstić information content (AvgIpc) is 2.30. The predicted octanol–water partition coefficient (Wildman–Crippen LogP) is 3.42. The number of hydrogen-bond acceptors (Lipinski definition) is 3. The van der Waals surface area contributed by atoms with Crippen molar-refractivity contribution < 1.29 is 9.47 Å². The van der Waals surface area contributed by atoms with E-state index in [1.54, 1.807) is 7.11 Å². The summed E-state index contributed by atoms with van der Waals surface area (Å²) in [5, 5.41) is 0. The van der Waals surface area contributed by atoms with Crippen LogP contribution in [0.4, 0.5) is 0 Å². The number of fused-ring (bicyclic) bond motifs is 1. The van der Waals surface area contributed by atoms with E-state index in [1.165, 1.54) is 0 Å². The average molecular weight is 314 g/mol. The molecule has 2 atom stereocenters. The molecule has 1 aliphatic rings. The fourth-order valence-electron chi connectivity index (χ4n) is 2.31. The lowest BCUT2D eigenvalue weighted by Gasteiger charge is -2.34. The van der Waals surface area contributed by atoms with Crippen LogP contribution in [-0.2, 0) is 4.74 Å². The van der Waals surface area contributed by atoms with Gasteiger partial charge in [-0.1, -0.05) is 15.9 Å². The first kappa shape index (κ1) is 13.8. The van der Waals surface area contributed by atoms with Gasteiger partial charge in [0.1, 0.15) is 11.9 Å². The van der Waals surface area contributed by atoms with Crippen LogP contribution < -0.4 is 10.5 Å². The van der Waals surface area contributed by atoms with Crippen LogP contribution in [0.1, 0.15) is 38.3 Å². The normalized spacial score (nSPS) is 23.4. The Morgan fingerprint density at radius 2 is 2.22 bits per heavy atom. The van der Waals surface area contributed by atoms with Gasteiger partial charge < -0.3 is 15.2 Å². The van der Waals surface area contributed by atoms with Gasteiger partial charge >= 0.3 is 0 Å². The topological polar surface area (TPSA) is 44.5 Å². The van der Waals surface area contributed by atoms with Crippen LogP contribution in [0.25, 0.3) is 0 Å². The lowest BCUT2D eigenvalue weighted by Crippen LogP contribution is -2.36. The molecule has 0 fully saturated rings. The number of rotatable bonds is 3. The van der Waals surface area contributed by atoms with E-state index in [2.05, 4.69) is 29.8 Å². The van der Waals surface area contributed by atoms with Crippen LogP contribution in [0.3, 0.4) is 0 Å². The molecule has 3 nitrogen and oxygen atoms in total. The Morgan fingerprint density at radius 1 is 1.50 bits per heavy atom. The Balaban J connectivity index is 2.16. The Morgan fingerprint density at radius 3 is 2.89 bits per heavy atom. The van der Waals surface area contributed by atoms with Gasteiger partial charge in [0.2, 0.25) is 0 Å². The van der Waals surface area contributed by atoms with Gasteiger partial charge in [-0.15, -0.1) is 0 Å². The van der Waals surface area contributed by atoms with E-state index in [1.807, 2.05) is 18.2 Å². The summed E-state index contributed by atoms with van der Waals surface area (Å²) in [5.74, 6) is 0.897. The zero-order valence-corrected chi connectivity index (χ0v) is 12.7. The Bertz CT molecular complexity index is 434. The molecule has 1 heterocycles. The van der Waals surface area contributed by atoms with Crippen molar-refractivity contribution in [1.29, 1.82) is 0 Å². The van der Waals surface area contributed by atoms with E-state index in [4.69, 9.17) is 15.2 Å². The SMILES string of the molecule is COC(C)(C)CC1C[C@H](N)c2cc(Br)ccc2O1. The van der Waals surface area contributed by atoms with Crippen molar-refractivity contribution in [2.45, 2.75) is 44.4 Å². The lowest BCUT2D eigenvalue weighted by atomic mass is 9.91. The molecule has 1 aliphatic heterocycles. The molecule has 1 aromatic rings. The number of methoxy groups -OCH3 is 1. The molecule has 0 saturated carbocycles. The highest BCUT2D eigenvalue weighted by Gasteiger charge is 2.31. The molecule has 2 N–H and O–H groups in total. The van der Waals surface area contributed by atoms with Gasteiger partial charge in [0.25, 0.3) is 0 Å². The van der Waals surface area contributed by atoms with Crippen LogP contribution in [0, 0.1) is 0 Å². The molecule has 0 radical (unpaired) electrons. The highest BCUT2D eigenvalue weighted by molar-refractivity contribution is 9.10. The summed E-state index contributed by atoms with van der Waals surface area (Å²) in [7, 11) is 1.73. The van der Waals surface area contributed by atoms with E-state index < -0.39 is 0 Å². The van der Waals surface area contributed by atoms with Gasteiger partial charge in [-0.05, 0) is 32.0 Å². The minimum Gasteiger partial charge on any atom is -0.490 e. The number of benzene rings is 1. The number of nitrogens with two attached hydrogens (primary N) is 1. The molecule has 0 amide bonds. The second kappa shape index (κ2) is 5.19. The third-order valence-corrected chi connectivity index (χ3v) is 3.95. The predicted molar refractivity (Wildman–Crippen MR) is 75.8 cm³/mol. The zero-order valence-electron chi connectivity index (χ0n) is 11.1. The van der Waals surface area contributed by atoms with Crippen molar-refractivity contribution in [3.8, 4) is 5.75 Å². The molecule has 0 aliphatic carbocycles. The monoisotopic (exact) mass is 313 g/mol. The quantitative estimate of drug-likeness (QED) is 0.930. The van der Waals surface area contributed by atoms with Crippen LogP contribution >= 0.6 is 15.9 Å². The van der Waals surface area contributed by atoms with E-state index in [0.717, 1.165) is 28.6 Å². The van der Waals surface area contributed by atoms with Crippen molar-refractivity contribution in [3.05, 3.63) is 28.2 Å². The van der Waals surface area contributed by atoms with Gasteiger partial charge in [0.15, 0.2) is 0 Å². The molecule has 2 rings (SSSR count). The molecule has 1 unspecified atom stereocenters. The van der Waals surface area contributed by atoms with Crippen LogP contribution in [0.15, 0.2) is 22.7 Å². The zero-order chi connectivity index (χ0) is 13.3. The summed E-state index contributed by atoms with van der Waals surface area (Å²) in [4.78, 5) is 0. The van der Waals surface area contributed by atoms with Crippen LogP contribution in [0.5, 0.6) is 5.75 Å². The van der Waals surface area contributed by atoms with Gasteiger partial charge in [-0.2, -0.15) is 0 Å². The smallest absolute Gasteiger partial charge is 0.124 e. The molecular weight excluding hydrogens is 294 g/mol. The van der Waals surface area contributed by atoms with E-state index in [0.29, 0.717) is 0 Å². The molecule has 0 saturated heterocycles. The van der Waals surface area contributed by atoms with Gasteiger partial charge in [-0.25, -0.2) is 0 Å². The fourth-order valence-corrected chi connectivity index (χ4v) is 2.69. The van der Waals surface area contributed by atoms with Gasteiger partial charge in [0, 0.05) is 36.0 Å². The Kier molecular flexibility index (Phi) is 3.99. The van der Waals surface area contributed by atoms with Crippen LogP contribution in [-0.4, -0.2) is 18.8 Å². The maximum absolute atomic E-state index is 6.22. The van der Waals surface area contributed by atoms with Crippen molar-refractivity contribution in [1.82, 2.24) is 0 Å². The second-order valence-corrected chi connectivity index (χ2v) is 6.35. The Hall–Kier alpha value is -0.580. The third kappa shape index (κ3) is 3.05. The molecule has 18 heavy (non-hydrogen) atoms. The summed E-state index contributed by atoms with van der Waals surface area (Å²) >= 11 is 3.46. The van der Waals surface area contributed by atoms with E-state index >= 15 is 0 Å². The first-order chi connectivity index (χ1) is 8.41. The number of halogens is 1. The third-order valence-electron chi connectivity index (χ3n) is 3.45. The fraction of sp³-hybridized carbons (Fsp3) is 0.571. The van der Waals surface area contributed by atoms with Crippen molar-refractivity contribution in [2.75, 3.05) is 7.11 Å². The molecule has 0 bridgehead atoms. The molecular formula is C14H20BrNO2. The van der Waals surface area contributed by atoms with Crippen molar-refractivity contribution in [2.24, 2.45) is 5.73 Å². The first-order valence-electron chi connectivity index (χ1n) is 6.18. The molecule has 4 heteroatoms. The molecule has 1 aromatic carbocycles. The van der Waals surface area contributed by atoms with E-state index in [9.17, 15) is 0 Å². The van der Waals surface area contributed by atoms with Crippen molar-refractivity contribution in [3.63, 3.8) is 0 Å². The molecule has 100 valence electrons.